The zero-order chi connectivity index (χ0) is 22.1. The van der Waals surface area contributed by atoms with Gasteiger partial charge in [0.15, 0.2) is 23.2 Å². The molecule has 0 spiro atoms. The number of benzene rings is 2. The van der Waals surface area contributed by atoms with Gasteiger partial charge < -0.3 is 20.2 Å². The summed E-state index contributed by atoms with van der Waals surface area (Å²) in [5, 5.41) is 2.75. The summed E-state index contributed by atoms with van der Waals surface area (Å²) in [7, 11) is 0. The number of nitrogens with zero attached hydrogens (tertiary/aromatic N) is 5. The fourth-order valence-electron chi connectivity index (χ4n) is 3.65. The number of ketones is 1. The van der Waals surface area contributed by atoms with E-state index in [4.69, 9.17) is 5.73 Å². The lowest BCUT2D eigenvalue weighted by Gasteiger charge is -2.10. The van der Waals surface area contributed by atoms with Crippen molar-refractivity contribution in [1.82, 2.24) is 19.1 Å². The number of fused-ring (bicyclic) bond motifs is 2. The van der Waals surface area contributed by atoms with Crippen molar-refractivity contribution in [3.05, 3.63) is 95.8 Å². The minimum Gasteiger partial charge on any atom is -0.380 e. The van der Waals surface area contributed by atoms with Crippen LogP contribution in [0.4, 0.5) is 11.6 Å². The van der Waals surface area contributed by atoms with Crippen molar-refractivity contribution in [1.29, 1.82) is 0 Å². The lowest BCUT2D eigenvalue weighted by Crippen LogP contribution is -2.27. The summed E-state index contributed by atoms with van der Waals surface area (Å²) in [4.78, 5) is 39.0. The largest absolute Gasteiger partial charge is 0.380 e. The number of carbonyl (C=O) groups excluding carboxylic acids is 2. The summed E-state index contributed by atoms with van der Waals surface area (Å²) in [6.07, 6.45) is 3.02. The van der Waals surface area contributed by atoms with Crippen LogP contribution in [0.5, 0.6) is 0 Å². The highest BCUT2D eigenvalue weighted by molar-refractivity contribution is 6.46. The van der Waals surface area contributed by atoms with E-state index < -0.39 is 11.7 Å². The van der Waals surface area contributed by atoms with Crippen LogP contribution in [0.2, 0.25) is 0 Å². The maximum absolute atomic E-state index is 13.2. The molecule has 1 amide bonds. The Kier molecular flexibility index (Phi) is 4.83. The minimum absolute atomic E-state index is 0.0871. The molecule has 3 heterocycles. The average Bonchev–Trinajstić information content (AvgIpc) is 3.38. The quantitative estimate of drug-likeness (QED) is 0.521. The van der Waals surface area contributed by atoms with Gasteiger partial charge in [-0.05, 0) is 11.1 Å². The fourth-order valence-corrected chi connectivity index (χ4v) is 3.65. The molecule has 0 radical (unpaired) electrons. The molecular weight excluding hydrogens is 406 g/mol. The van der Waals surface area contributed by atoms with E-state index in [0.717, 1.165) is 11.1 Å². The number of anilines is 1. The van der Waals surface area contributed by atoms with Crippen LogP contribution in [0.3, 0.4) is 0 Å². The van der Waals surface area contributed by atoms with Crippen LogP contribution in [0.25, 0.3) is 0 Å². The second-order valence-electron chi connectivity index (χ2n) is 7.37. The van der Waals surface area contributed by atoms with Crippen molar-refractivity contribution in [2.45, 2.75) is 13.1 Å². The first-order valence-electron chi connectivity index (χ1n) is 9.98. The molecule has 0 unspecified atom stereocenters. The molecule has 4 aromatic rings. The number of Topliss-reactive ketones (excluding diaryl/α,β-unsaturated/α-hetero) is 1. The first-order valence-corrected chi connectivity index (χ1v) is 9.98. The van der Waals surface area contributed by atoms with Gasteiger partial charge in [0.1, 0.15) is 5.69 Å². The molecule has 1 aliphatic rings. The van der Waals surface area contributed by atoms with Crippen molar-refractivity contribution in [3.63, 3.8) is 0 Å². The second kappa shape index (κ2) is 7.95. The molecule has 9 heteroatoms. The Morgan fingerprint density at radius 1 is 0.781 bits per heavy atom. The summed E-state index contributed by atoms with van der Waals surface area (Å²) in [5.74, 6) is -1.03. The van der Waals surface area contributed by atoms with E-state index in [1.165, 1.54) is 12.7 Å². The van der Waals surface area contributed by atoms with Gasteiger partial charge in [0, 0.05) is 13.1 Å². The Morgan fingerprint density at radius 2 is 1.34 bits per heavy atom. The van der Waals surface area contributed by atoms with Crippen molar-refractivity contribution in [2.24, 2.45) is 10.7 Å². The van der Waals surface area contributed by atoms with Crippen molar-refractivity contribution >= 4 is 29.2 Å². The molecule has 3 N–H and O–H groups in total. The topological polar surface area (TPSA) is 120 Å². The minimum atomic E-state index is -0.529. The molecule has 0 atom stereocenters. The van der Waals surface area contributed by atoms with Crippen LogP contribution in [0.15, 0.2) is 78.3 Å². The lowest BCUT2D eigenvalue weighted by atomic mass is 10.2. The maximum atomic E-state index is 13.2. The van der Waals surface area contributed by atoms with Gasteiger partial charge in [-0.1, -0.05) is 60.7 Å². The molecule has 0 bridgehead atoms. The Balaban J connectivity index is 1.55. The number of nitrogens with two attached hydrogens (primary N) is 1. The molecule has 2 aromatic heterocycles. The number of rotatable bonds is 4. The number of imidazole rings is 2. The molecule has 9 nitrogen and oxygen atoms in total. The predicted molar refractivity (Wildman–Crippen MR) is 119 cm³/mol. The summed E-state index contributed by atoms with van der Waals surface area (Å²) in [5.41, 5.74) is 8.38. The van der Waals surface area contributed by atoms with Crippen LogP contribution < -0.4 is 11.1 Å². The Labute approximate surface area is 183 Å². The summed E-state index contributed by atoms with van der Waals surface area (Å²) >= 11 is 0. The Bertz CT molecular complexity index is 1340. The number of amides is 1. The van der Waals surface area contributed by atoms with Crippen LogP contribution >= 0.6 is 0 Å². The van der Waals surface area contributed by atoms with E-state index in [1.54, 1.807) is 9.13 Å². The molecule has 2 aromatic carbocycles. The molecule has 158 valence electrons. The second-order valence-corrected chi connectivity index (χ2v) is 7.37. The van der Waals surface area contributed by atoms with Crippen LogP contribution in [-0.2, 0) is 13.1 Å². The van der Waals surface area contributed by atoms with Gasteiger partial charge in [-0.3, -0.25) is 9.59 Å². The smallest absolute Gasteiger partial charge is 0.277 e. The SMILES string of the molecule is N/C1=N/c2ncn(Cc3ccccc3)c2C(=O)Nc2ncn(Cc3ccccc3)c2C1=O. The highest BCUT2D eigenvalue weighted by Crippen LogP contribution is 2.25. The van der Waals surface area contributed by atoms with Gasteiger partial charge in [-0.15, -0.1) is 0 Å². The molecule has 0 saturated carbocycles. The average molecular weight is 425 g/mol. The van der Waals surface area contributed by atoms with E-state index in [1.807, 2.05) is 60.7 Å². The van der Waals surface area contributed by atoms with E-state index >= 15 is 0 Å². The van der Waals surface area contributed by atoms with Crippen molar-refractivity contribution in [2.75, 3.05) is 5.32 Å². The van der Waals surface area contributed by atoms with Gasteiger partial charge in [-0.2, -0.15) is 0 Å². The Morgan fingerprint density at radius 3 is 1.97 bits per heavy atom. The first kappa shape index (κ1) is 19.4. The molecule has 0 saturated heterocycles. The molecule has 1 aliphatic heterocycles. The van der Waals surface area contributed by atoms with Crippen LogP contribution in [0.1, 0.15) is 32.1 Å². The van der Waals surface area contributed by atoms with Crippen molar-refractivity contribution in [3.8, 4) is 0 Å². The lowest BCUT2D eigenvalue weighted by molar-refractivity contribution is 0.101. The van der Waals surface area contributed by atoms with Gasteiger partial charge in [0.25, 0.3) is 5.91 Å². The van der Waals surface area contributed by atoms with Crippen molar-refractivity contribution < 1.29 is 9.59 Å². The zero-order valence-corrected chi connectivity index (χ0v) is 17.0. The number of carbonyl (C=O) groups is 2. The van der Waals surface area contributed by atoms with Gasteiger partial charge in [0.05, 0.1) is 12.7 Å². The molecule has 32 heavy (non-hydrogen) atoms. The Hall–Kier alpha value is -4.53. The summed E-state index contributed by atoms with van der Waals surface area (Å²) in [6, 6.07) is 19.3. The summed E-state index contributed by atoms with van der Waals surface area (Å²) in [6.45, 7) is 0.804. The monoisotopic (exact) mass is 425 g/mol. The van der Waals surface area contributed by atoms with E-state index in [2.05, 4.69) is 20.3 Å². The molecular formula is C23H19N7O2. The van der Waals surface area contributed by atoms with Gasteiger partial charge in [-0.25, -0.2) is 15.0 Å². The molecule has 0 fully saturated rings. The van der Waals surface area contributed by atoms with Crippen LogP contribution in [-0.4, -0.2) is 36.6 Å². The number of hydrogen-bond acceptors (Lipinski definition) is 6. The standard InChI is InChI=1S/C23H19N7O2/c24-20-19(31)17-21(25-13-29(17)11-15-7-3-1-4-8-15)28-23(32)18-22(27-20)26-14-30(18)12-16-9-5-2-6-10-16/h1-10,13-14H,11-12H2,(H2,24,27)(H,28,32). The normalized spacial score (nSPS) is 14.9. The predicted octanol–water partition coefficient (Wildman–Crippen LogP) is 2.61. The van der Waals surface area contributed by atoms with Gasteiger partial charge >= 0.3 is 0 Å². The molecule has 5 rings (SSSR count). The number of amidine groups is 1. The number of aromatic nitrogens is 4. The van der Waals surface area contributed by atoms with Gasteiger partial charge in [0.2, 0.25) is 5.78 Å². The number of nitrogens with one attached hydrogen (secondary N) is 1. The van der Waals surface area contributed by atoms with E-state index in [0.29, 0.717) is 13.1 Å². The highest BCUT2D eigenvalue weighted by Gasteiger charge is 2.29. The zero-order valence-electron chi connectivity index (χ0n) is 17.0. The maximum Gasteiger partial charge on any atom is 0.277 e. The van der Waals surface area contributed by atoms with E-state index in [9.17, 15) is 9.59 Å². The number of hydrogen-bond donors (Lipinski definition) is 2. The fraction of sp³-hybridized carbons (Fsp3) is 0.0870. The first-order chi connectivity index (χ1) is 15.6. The molecule has 0 aliphatic carbocycles. The third-order valence-electron chi connectivity index (χ3n) is 5.17. The third kappa shape index (κ3) is 3.56. The number of aliphatic imine (C=N–C) groups is 1. The highest BCUT2D eigenvalue weighted by atomic mass is 16.2. The van der Waals surface area contributed by atoms with Crippen LogP contribution in [0, 0.1) is 0 Å². The third-order valence-corrected chi connectivity index (χ3v) is 5.17. The summed E-state index contributed by atoms with van der Waals surface area (Å²) < 4.78 is 3.32. The van der Waals surface area contributed by atoms with E-state index in [-0.39, 0.29) is 28.9 Å².